The number of primary amides is 1. The third-order valence-corrected chi connectivity index (χ3v) is 35.7. The molecule has 0 saturated carbocycles. The lowest BCUT2D eigenvalue weighted by Crippen LogP contribution is -2.56. The molecule has 0 aliphatic heterocycles. The van der Waals surface area contributed by atoms with Crippen molar-refractivity contribution in [2.75, 3.05) is 203 Å². The number of carbonyl (C=O) groups excluding carboxylic acids is 9. The summed E-state index contributed by atoms with van der Waals surface area (Å²) < 4.78 is 231. The third-order valence-electron chi connectivity index (χ3n) is 21.1. The maximum absolute atomic E-state index is 14.7. The summed E-state index contributed by atoms with van der Waals surface area (Å²) in [5.74, 6) is -15.7. The van der Waals surface area contributed by atoms with Crippen molar-refractivity contribution in [3.05, 3.63) is 0 Å². The first-order valence-corrected chi connectivity index (χ1v) is 60.4. The smallest absolute Gasteiger partial charge is 0.235 e. The third kappa shape index (κ3) is 55.7. The van der Waals surface area contributed by atoms with Crippen molar-refractivity contribution in [1.29, 1.82) is 0 Å². The number of amides is 9. The fourth-order valence-electron chi connectivity index (χ4n) is 15.9. The molecule has 0 heterocycles. The summed E-state index contributed by atoms with van der Waals surface area (Å²) in [4.78, 5) is 125. The Labute approximate surface area is 834 Å². The molecule has 824 valence electrons. The summed E-state index contributed by atoms with van der Waals surface area (Å²) in [6.07, 6.45) is 0.585. The van der Waals surface area contributed by atoms with Crippen LogP contribution in [0.3, 0.4) is 0 Å². The first-order chi connectivity index (χ1) is 64.5. The molecular weight excluding hydrogens is 1990 g/mol. The zero-order valence-electron chi connectivity index (χ0n) is 85.3. The van der Waals surface area contributed by atoms with Crippen molar-refractivity contribution >= 4 is 133 Å². The van der Waals surface area contributed by atoms with Gasteiger partial charge in [-0.15, -0.1) is 0 Å². The van der Waals surface area contributed by atoms with E-state index in [1.807, 2.05) is 13.8 Å². The van der Waals surface area contributed by atoms with Crippen LogP contribution >= 0.6 is 0 Å². The Balaban J connectivity index is 7.69. The Kier molecular flexibility index (Phi) is 62.3. The van der Waals surface area contributed by atoms with Gasteiger partial charge < -0.3 is 94.1 Å². The predicted molar refractivity (Wildman–Crippen MR) is 541 cm³/mol. The van der Waals surface area contributed by atoms with Crippen molar-refractivity contribution in [3.8, 4) is 0 Å². The topological polar surface area (TPSA) is 783 Å². The van der Waals surface area contributed by atoms with E-state index in [0.29, 0.717) is 6.42 Å². The fourth-order valence-corrected chi connectivity index (χ4v) is 26.1. The fraction of sp³-hybridized carbons (Fsp3) is 0.890. The predicted octanol–water partition coefficient (Wildman–Crippen LogP) is -7.54. The number of hydrogen-bond donors (Lipinski definition) is 17. The summed E-state index contributed by atoms with van der Waals surface area (Å²) in [7, 11) is -35.5. The highest BCUT2D eigenvalue weighted by atomic mass is 32.2. The summed E-state index contributed by atoms with van der Waals surface area (Å²) >= 11 is 0. The summed E-state index contributed by atoms with van der Waals surface area (Å²) in [6.45, 7) is 14.3. The van der Waals surface area contributed by atoms with E-state index < -0.39 is 365 Å². The average molecular weight is 2170 g/mol. The minimum Gasteiger partial charge on any atom is -0.369 e. The number of nitrogens with zero attached hydrogens (tertiary/aromatic N) is 8. The second kappa shape index (κ2) is 65.0. The van der Waals surface area contributed by atoms with Gasteiger partial charge in [0.1, 0.15) is 0 Å². The van der Waals surface area contributed by atoms with E-state index in [9.17, 15) is 110 Å². The summed E-state index contributed by atoms with van der Waals surface area (Å²) in [5, 5.41) is 21.8. The Hall–Kier alpha value is -5.81. The van der Waals surface area contributed by atoms with Crippen molar-refractivity contribution < 1.29 is 110 Å². The molecule has 140 heavy (non-hydrogen) atoms. The average Bonchev–Trinajstić information content (AvgIpc) is 0.832. The standard InChI is InChI=1S/C82H173N25O25S8/c1-58(2)34-67(92-66(17)108)42-101(134(119,120)27-19-84)51-76(110)94-69(36-60(5)6)44-103(136(123,124)29-21-86)53-78(112)96-71(38-62(9)10)46-105(138(127,128)31-23-88)55-80(114)98-73(40-64(13)14)48-107(140(131,132)33-25-90)57-82(116)99-74(41-65(15)16)49-106(139(129,130)32-24-89)56-81(115)97-72(39-63(11)12)47-104(137(125,126)30-22-87)54-79(113)95-70(37-61(7)8)45-102(135(121,122)28-20-85)52-77(111)93-68(35-59(3)4)43-100(50-75(91)109)133(117,118)26-18-83/h58-65,67-74H,18-57,83-90H2,1-17H3,(H2,91,109)(H,92,108)(H,93,111)(H,94,110)(H,95,113)(H,96,112)(H,97,115)(H,98,114)(H,99,116)/t67-,68-,69-,70-,71-,72-,73-,74-/m0/s1. The number of nitrogens with two attached hydrogens (primary N) is 9. The minimum atomic E-state index is -4.58. The van der Waals surface area contributed by atoms with Crippen LogP contribution < -0.4 is 94.1 Å². The monoisotopic (exact) mass is 2160 g/mol. The number of rotatable bonds is 80. The number of hydrogen-bond acceptors (Lipinski definition) is 33. The van der Waals surface area contributed by atoms with Crippen molar-refractivity contribution in [2.24, 2.45) is 98.9 Å². The Morgan fingerprint density at radius 1 is 0.200 bits per heavy atom. The van der Waals surface area contributed by atoms with Crippen molar-refractivity contribution in [1.82, 2.24) is 77.0 Å². The second-order valence-corrected chi connectivity index (χ2v) is 55.6. The Morgan fingerprint density at radius 2 is 0.307 bits per heavy atom. The van der Waals surface area contributed by atoms with E-state index in [0.717, 1.165) is 34.4 Å². The molecule has 0 rings (SSSR count). The molecule has 0 aromatic heterocycles. The van der Waals surface area contributed by atoms with Gasteiger partial charge >= 0.3 is 0 Å². The molecule has 0 spiro atoms. The van der Waals surface area contributed by atoms with Crippen LogP contribution in [0.15, 0.2) is 0 Å². The molecule has 26 N–H and O–H groups in total. The molecular formula is C82H173N25O25S8. The van der Waals surface area contributed by atoms with E-state index >= 15 is 0 Å². The Morgan fingerprint density at radius 3 is 0.400 bits per heavy atom. The lowest BCUT2D eigenvalue weighted by Gasteiger charge is -2.32. The molecule has 0 aliphatic carbocycles. The highest BCUT2D eigenvalue weighted by Crippen LogP contribution is 2.22. The van der Waals surface area contributed by atoms with Gasteiger partial charge in [-0.2, -0.15) is 34.4 Å². The van der Waals surface area contributed by atoms with Gasteiger partial charge in [-0.25, -0.2) is 67.3 Å². The zero-order chi connectivity index (χ0) is 108. The molecule has 8 atom stereocenters. The van der Waals surface area contributed by atoms with Crippen molar-refractivity contribution in [3.63, 3.8) is 0 Å². The number of sulfonamides is 8. The van der Waals surface area contributed by atoms with Crippen LogP contribution in [0.5, 0.6) is 0 Å². The van der Waals surface area contributed by atoms with Gasteiger partial charge in [-0.05, 0) is 98.7 Å². The van der Waals surface area contributed by atoms with Crippen LogP contribution in [0, 0.1) is 47.3 Å². The van der Waals surface area contributed by atoms with E-state index in [1.165, 1.54) is 6.92 Å². The van der Waals surface area contributed by atoms with Gasteiger partial charge in [-0.1, -0.05) is 111 Å². The molecule has 0 saturated heterocycles. The van der Waals surface area contributed by atoms with Gasteiger partial charge in [0.2, 0.25) is 133 Å². The van der Waals surface area contributed by atoms with Crippen LogP contribution in [-0.4, -0.2) is 406 Å². The zero-order valence-corrected chi connectivity index (χ0v) is 91.8. The van der Waals surface area contributed by atoms with Gasteiger partial charge in [0.25, 0.3) is 0 Å². The molecule has 0 aromatic carbocycles. The molecule has 0 radical (unpaired) electrons. The van der Waals surface area contributed by atoms with E-state index in [-0.39, 0.29) is 112 Å². The largest absolute Gasteiger partial charge is 0.369 e. The molecule has 9 amide bonds. The van der Waals surface area contributed by atoms with Crippen LogP contribution in [0.2, 0.25) is 0 Å². The van der Waals surface area contributed by atoms with Crippen LogP contribution in [0.1, 0.15) is 169 Å². The first kappa shape index (κ1) is 134. The number of carbonyl (C=O) groups is 9. The van der Waals surface area contributed by atoms with Gasteiger partial charge in [-0.3, -0.25) is 43.2 Å². The molecule has 0 aromatic rings. The summed E-state index contributed by atoms with van der Waals surface area (Å²) in [6, 6.07) is -8.74. The SMILES string of the molecule is CC(=O)N[C@@H](CC(C)C)CN(CC(=O)N[C@@H](CC(C)C)CN(CC(=O)N[C@@H](CC(C)C)CN(CC(=O)N[C@@H](CC(C)C)CN(CC(=O)N[C@@H](CC(C)C)CN(CC(=O)N[C@@H](CC(C)C)CN(CC(=O)N[C@@H](CC(C)C)CN(CC(=O)N[C@@H](CC(C)C)CN(CC(N)=O)S(=O)(=O)CCN)S(=O)(=O)CCN)S(=O)(=O)CCN)S(=O)(=O)CCN)S(=O)(=O)CCN)S(=O)(=O)CCN)S(=O)(=O)CCN)S(=O)(=O)CCN. The van der Waals surface area contributed by atoms with Gasteiger partial charge in [0, 0.05) is 160 Å². The van der Waals surface area contributed by atoms with Crippen LogP contribution in [0.25, 0.3) is 0 Å². The highest BCUT2D eigenvalue weighted by molar-refractivity contribution is 7.91. The van der Waals surface area contributed by atoms with Crippen LogP contribution in [0.4, 0.5) is 0 Å². The van der Waals surface area contributed by atoms with E-state index in [4.69, 9.17) is 51.6 Å². The lowest BCUT2D eigenvalue weighted by atomic mass is 10.0. The van der Waals surface area contributed by atoms with Gasteiger partial charge in [0.05, 0.1) is 98.4 Å². The quantitative estimate of drug-likeness (QED) is 0.0269. The minimum absolute atomic E-state index is 0.00545. The van der Waals surface area contributed by atoms with E-state index in [1.54, 1.807) is 96.9 Å². The maximum atomic E-state index is 14.7. The molecule has 0 aliphatic rings. The molecule has 0 unspecified atom stereocenters. The second-order valence-electron chi connectivity index (χ2n) is 38.9. The van der Waals surface area contributed by atoms with E-state index in [2.05, 4.69) is 42.5 Å². The van der Waals surface area contributed by atoms with Crippen molar-refractivity contribution in [2.45, 2.75) is 217 Å². The maximum Gasteiger partial charge on any atom is 0.235 e. The molecule has 58 heteroatoms. The molecule has 0 fully saturated rings. The molecule has 0 bridgehead atoms. The lowest BCUT2D eigenvalue weighted by molar-refractivity contribution is -0.124. The normalized spacial score (nSPS) is 14.9. The first-order valence-electron chi connectivity index (χ1n) is 47.6. The summed E-state index contributed by atoms with van der Waals surface area (Å²) in [5.41, 5.74) is 51.5. The van der Waals surface area contributed by atoms with Gasteiger partial charge in [0.15, 0.2) is 0 Å². The highest BCUT2D eigenvalue weighted by Gasteiger charge is 2.40. The Bertz CT molecular complexity index is 4690. The molecule has 50 nitrogen and oxygen atoms in total. The number of nitrogens with one attached hydrogen (secondary N) is 8. The van der Waals surface area contributed by atoms with Crippen LogP contribution in [-0.2, 0) is 123 Å².